The molecular formula is C30H37N5O2. The lowest BCUT2D eigenvalue weighted by Gasteiger charge is -2.56. The Kier molecular flexibility index (Phi) is 6.04. The van der Waals surface area contributed by atoms with Gasteiger partial charge in [-0.05, 0) is 91.4 Å². The average Bonchev–Trinajstić information content (AvgIpc) is 3.31. The number of carbonyl (C=O) groups is 2. The largest absolute Gasteiger partial charge is 0.350 e. The summed E-state index contributed by atoms with van der Waals surface area (Å²) < 4.78 is 1.75. The van der Waals surface area contributed by atoms with Crippen LogP contribution in [0.3, 0.4) is 0 Å². The third-order valence-electron chi connectivity index (χ3n) is 8.94. The molecule has 0 spiro atoms. The molecule has 4 aliphatic carbocycles. The van der Waals surface area contributed by atoms with Crippen LogP contribution in [0.2, 0.25) is 0 Å². The predicted molar refractivity (Wildman–Crippen MR) is 142 cm³/mol. The first-order chi connectivity index (χ1) is 17.8. The molecule has 4 saturated carbocycles. The lowest BCUT2D eigenvalue weighted by atomic mass is 9.49. The summed E-state index contributed by atoms with van der Waals surface area (Å²) in [7, 11) is 1.77. The first-order valence-corrected chi connectivity index (χ1v) is 13.8. The van der Waals surface area contributed by atoms with Gasteiger partial charge < -0.3 is 10.2 Å². The van der Waals surface area contributed by atoms with Crippen molar-refractivity contribution in [3.05, 3.63) is 65.4 Å². The minimum absolute atomic E-state index is 0.0950. The molecule has 4 bridgehead atoms. The summed E-state index contributed by atoms with van der Waals surface area (Å²) in [5.41, 5.74) is 3.72. The zero-order valence-electron chi connectivity index (χ0n) is 22.1. The molecule has 0 saturated heterocycles. The Morgan fingerprint density at radius 1 is 1.08 bits per heavy atom. The fourth-order valence-electron chi connectivity index (χ4n) is 7.58. The number of nitrogens with one attached hydrogen (secondary N) is 1. The molecule has 0 radical (unpaired) electrons. The number of hydrogen-bond acceptors (Lipinski definition) is 4. The highest BCUT2D eigenvalue weighted by molar-refractivity contribution is 5.95. The molecule has 0 aromatic carbocycles. The molecule has 0 atom stereocenters. The average molecular weight is 500 g/mol. The van der Waals surface area contributed by atoms with E-state index in [0.29, 0.717) is 29.5 Å². The van der Waals surface area contributed by atoms with Crippen LogP contribution in [-0.4, -0.2) is 44.7 Å². The summed E-state index contributed by atoms with van der Waals surface area (Å²) in [5.74, 6) is 2.66. The molecule has 3 aromatic rings. The Hall–Kier alpha value is -3.22. The number of pyridine rings is 2. The zero-order chi connectivity index (χ0) is 25.7. The summed E-state index contributed by atoms with van der Waals surface area (Å²) in [6.45, 7) is 5.41. The quantitative estimate of drug-likeness (QED) is 0.492. The molecule has 3 heterocycles. The standard InChI is InChI=1S/C30H37N5O2/c1-19(2)24-8-7-20(15-31-24)16-34(3)29(37)25-17-35-26(5-4-6-27(35)33-25)28(36)32-18-30-12-21-9-22(13-30)11-23(10-21)14-30/h4-8,15,17,19,21-23H,9-14,16,18H2,1-3H3,(H,32,36). The number of nitrogens with zero attached hydrogens (tertiary/aromatic N) is 4. The molecule has 0 aliphatic heterocycles. The van der Waals surface area contributed by atoms with Crippen LogP contribution >= 0.6 is 0 Å². The Labute approximate surface area is 218 Å². The van der Waals surface area contributed by atoms with Crippen LogP contribution in [0, 0.1) is 23.2 Å². The van der Waals surface area contributed by atoms with Crippen molar-refractivity contribution in [1.29, 1.82) is 0 Å². The highest BCUT2D eigenvalue weighted by Gasteiger charge is 2.50. The topological polar surface area (TPSA) is 79.6 Å². The Bertz CT molecular complexity index is 1290. The minimum Gasteiger partial charge on any atom is -0.350 e. The Morgan fingerprint density at radius 3 is 2.41 bits per heavy atom. The number of aromatic nitrogens is 3. The van der Waals surface area contributed by atoms with E-state index in [0.717, 1.165) is 35.6 Å². The predicted octanol–water partition coefficient (Wildman–Crippen LogP) is 5.07. The fraction of sp³-hybridized carbons (Fsp3) is 0.533. The van der Waals surface area contributed by atoms with Crippen molar-refractivity contribution in [3.8, 4) is 0 Å². The zero-order valence-corrected chi connectivity index (χ0v) is 22.1. The monoisotopic (exact) mass is 499 g/mol. The van der Waals surface area contributed by atoms with Crippen LogP contribution < -0.4 is 5.32 Å². The molecule has 7 heteroatoms. The van der Waals surface area contributed by atoms with Crippen LogP contribution in [0.5, 0.6) is 0 Å². The van der Waals surface area contributed by atoms with Gasteiger partial charge in [0.1, 0.15) is 17.0 Å². The van der Waals surface area contributed by atoms with Gasteiger partial charge in [0.25, 0.3) is 11.8 Å². The highest BCUT2D eigenvalue weighted by atomic mass is 16.2. The van der Waals surface area contributed by atoms with Gasteiger partial charge in [-0.25, -0.2) is 4.98 Å². The van der Waals surface area contributed by atoms with Gasteiger partial charge in [0.2, 0.25) is 0 Å². The molecule has 2 amide bonds. The summed E-state index contributed by atoms with van der Waals surface area (Å²) >= 11 is 0. The van der Waals surface area contributed by atoms with Crippen molar-refractivity contribution < 1.29 is 9.59 Å². The van der Waals surface area contributed by atoms with Gasteiger partial charge in [0.15, 0.2) is 0 Å². The number of rotatable bonds is 7. The maximum Gasteiger partial charge on any atom is 0.274 e. The summed E-state index contributed by atoms with van der Waals surface area (Å²) in [4.78, 5) is 37.2. The van der Waals surface area contributed by atoms with E-state index in [1.807, 2.05) is 36.5 Å². The van der Waals surface area contributed by atoms with E-state index in [2.05, 4.69) is 29.1 Å². The van der Waals surface area contributed by atoms with Crippen LogP contribution in [0.25, 0.3) is 5.65 Å². The molecule has 4 aliphatic rings. The van der Waals surface area contributed by atoms with Gasteiger partial charge >= 0.3 is 0 Å². The van der Waals surface area contributed by atoms with Crippen molar-refractivity contribution >= 4 is 17.5 Å². The molecule has 3 aromatic heterocycles. The van der Waals surface area contributed by atoms with Gasteiger partial charge in [-0.15, -0.1) is 0 Å². The maximum absolute atomic E-state index is 13.3. The smallest absolute Gasteiger partial charge is 0.274 e. The second-order valence-corrected chi connectivity index (χ2v) is 12.3. The van der Waals surface area contributed by atoms with E-state index in [-0.39, 0.29) is 17.2 Å². The molecule has 194 valence electrons. The third-order valence-corrected chi connectivity index (χ3v) is 8.94. The van der Waals surface area contributed by atoms with Crippen LogP contribution in [-0.2, 0) is 6.54 Å². The number of fused-ring (bicyclic) bond motifs is 1. The second kappa shape index (κ2) is 9.26. The number of hydrogen-bond donors (Lipinski definition) is 1. The number of carbonyl (C=O) groups excluding carboxylic acids is 2. The van der Waals surface area contributed by atoms with Crippen molar-refractivity contribution in [2.45, 2.75) is 64.8 Å². The molecular weight excluding hydrogens is 462 g/mol. The first kappa shape index (κ1) is 24.1. The van der Waals surface area contributed by atoms with Crippen molar-refractivity contribution in [2.75, 3.05) is 13.6 Å². The molecule has 7 nitrogen and oxygen atoms in total. The van der Waals surface area contributed by atoms with Gasteiger partial charge in [0, 0.05) is 38.2 Å². The molecule has 4 fully saturated rings. The van der Waals surface area contributed by atoms with Crippen LogP contribution in [0.4, 0.5) is 0 Å². The van der Waals surface area contributed by atoms with E-state index in [1.165, 1.54) is 38.5 Å². The van der Waals surface area contributed by atoms with E-state index >= 15 is 0 Å². The lowest BCUT2D eigenvalue weighted by molar-refractivity contribution is -0.0503. The van der Waals surface area contributed by atoms with Gasteiger partial charge in [0.05, 0.1) is 0 Å². The fourth-order valence-corrected chi connectivity index (χ4v) is 7.58. The Morgan fingerprint density at radius 2 is 1.78 bits per heavy atom. The SMILES string of the molecule is CC(C)c1ccc(CN(C)C(=O)c2cn3c(C(=O)NCC45CC6CC(CC(C6)C4)C5)cccc3n2)cn1. The number of amides is 2. The molecule has 0 unspecified atom stereocenters. The first-order valence-electron chi connectivity index (χ1n) is 13.8. The highest BCUT2D eigenvalue weighted by Crippen LogP contribution is 2.59. The Balaban J connectivity index is 1.15. The molecule has 37 heavy (non-hydrogen) atoms. The van der Waals surface area contributed by atoms with E-state index < -0.39 is 0 Å². The van der Waals surface area contributed by atoms with Crippen LogP contribution in [0.15, 0.2) is 42.7 Å². The lowest BCUT2D eigenvalue weighted by Crippen LogP contribution is -2.51. The van der Waals surface area contributed by atoms with Crippen LogP contribution in [0.1, 0.15) is 90.5 Å². The van der Waals surface area contributed by atoms with Crippen molar-refractivity contribution in [2.24, 2.45) is 23.2 Å². The summed E-state index contributed by atoms with van der Waals surface area (Å²) in [6.07, 6.45) is 11.5. The minimum atomic E-state index is -0.184. The maximum atomic E-state index is 13.3. The van der Waals surface area contributed by atoms with Crippen molar-refractivity contribution in [3.63, 3.8) is 0 Å². The summed E-state index contributed by atoms with van der Waals surface area (Å²) in [5, 5.41) is 3.26. The van der Waals surface area contributed by atoms with E-state index in [9.17, 15) is 9.59 Å². The van der Waals surface area contributed by atoms with Gasteiger partial charge in [-0.2, -0.15) is 0 Å². The summed E-state index contributed by atoms with van der Waals surface area (Å²) in [6, 6.07) is 9.51. The molecule has 1 N–H and O–H groups in total. The van der Waals surface area contributed by atoms with E-state index in [1.54, 1.807) is 22.5 Å². The molecule has 7 rings (SSSR count). The van der Waals surface area contributed by atoms with E-state index in [4.69, 9.17) is 0 Å². The van der Waals surface area contributed by atoms with Gasteiger partial charge in [-0.3, -0.25) is 19.0 Å². The van der Waals surface area contributed by atoms with Crippen molar-refractivity contribution in [1.82, 2.24) is 24.6 Å². The number of imidazole rings is 1. The third kappa shape index (κ3) is 4.64. The second-order valence-electron chi connectivity index (χ2n) is 12.3. The normalized spacial score (nSPS) is 26.1. The van der Waals surface area contributed by atoms with Gasteiger partial charge in [-0.1, -0.05) is 26.0 Å².